The maximum absolute atomic E-state index is 12.5. The highest BCUT2D eigenvalue weighted by Gasteiger charge is 2.21. The van der Waals surface area contributed by atoms with Crippen LogP contribution in [-0.4, -0.2) is 44.2 Å². The molecule has 7 nitrogen and oxygen atoms in total. The maximum atomic E-state index is 12.5. The third-order valence-corrected chi connectivity index (χ3v) is 6.60. The number of hydrogen-bond donors (Lipinski definition) is 2. The predicted molar refractivity (Wildman–Crippen MR) is 113 cm³/mol. The van der Waals surface area contributed by atoms with E-state index in [9.17, 15) is 18.0 Å². The first-order chi connectivity index (χ1) is 13.7. The molecule has 0 aliphatic carbocycles. The standard InChI is InChI=1S/C21H27N3O4S/c1-5-24(6-2)29(27,28)18-11-9-17(10-12-18)21(26)22-14-20(25)23-19-13-15(3)7-8-16(19)4/h7-13H,5-6,14H2,1-4H3,(H,22,26)(H,23,25). The van der Waals surface area contributed by atoms with Gasteiger partial charge >= 0.3 is 0 Å². The quantitative estimate of drug-likeness (QED) is 0.690. The summed E-state index contributed by atoms with van der Waals surface area (Å²) >= 11 is 0. The molecular weight excluding hydrogens is 390 g/mol. The molecule has 0 spiro atoms. The van der Waals surface area contributed by atoms with Crippen molar-refractivity contribution in [2.75, 3.05) is 25.0 Å². The second-order valence-electron chi connectivity index (χ2n) is 6.66. The van der Waals surface area contributed by atoms with Crippen molar-refractivity contribution in [3.63, 3.8) is 0 Å². The van der Waals surface area contributed by atoms with Crippen LogP contribution in [-0.2, 0) is 14.8 Å². The van der Waals surface area contributed by atoms with Crippen molar-refractivity contribution >= 4 is 27.5 Å². The van der Waals surface area contributed by atoms with Gasteiger partial charge in [-0.3, -0.25) is 9.59 Å². The first kappa shape index (κ1) is 22.6. The highest BCUT2D eigenvalue weighted by molar-refractivity contribution is 7.89. The van der Waals surface area contributed by atoms with Gasteiger partial charge in [0.05, 0.1) is 11.4 Å². The van der Waals surface area contributed by atoms with Crippen LogP contribution >= 0.6 is 0 Å². The van der Waals surface area contributed by atoms with Crippen LogP contribution in [0.25, 0.3) is 0 Å². The second-order valence-corrected chi connectivity index (χ2v) is 8.60. The highest BCUT2D eigenvalue weighted by atomic mass is 32.2. The Bertz CT molecular complexity index is 981. The van der Waals surface area contributed by atoms with E-state index in [1.54, 1.807) is 13.8 Å². The van der Waals surface area contributed by atoms with Gasteiger partial charge in [-0.25, -0.2) is 8.42 Å². The summed E-state index contributed by atoms with van der Waals surface area (Å²) in [5.74, 6) is -0.791. The molecule has 0 aromatic heterocycles. The van der Waals surface area contributed by atoms with Crippen LogP contribution in [0, 0.1) is 13.8 Å². The Morgan fingerprint density at radius 3 is 2.17 bits per heavy atom. The fourth-order valence-electron chi connectivity index (χ4n) is 2.82. The van der Waals surface area contributed by atoms with Crippen molar-refractivity contribution in [3.8, 4) is 0 Å². The Morgan fingerprint density at radius 1 is 0.966 bits per heavy atom. The van der Waals surface area contributed by atoms with E-state index in [1.165, 1.54) is 28.6 Å². The molecule has 0 aliphatic rings. The lowest BCUT2D eigenvalue weighted by Crippen LogP contribution is -2.33. The third-order valence-electron chi connectivity index (χ3n) is 4.54. The van der Waals surface area contributed by atoms with Gasteiger partial charge in [0.15, 0.2) is 0 Å². The Hall–Kier alpha value is -2.71. The molecule has 2 aromatic carbocycles. The fourth-order valence-corrected chi connectivity index (χ4v) is 4.28. The Morgan fingerprint density at radius 2 is 1.59 bits per heavy atom. The molecule has 2 rings (SSSR count). The molecule has 0 aliphatic heterocycles. The highest BCUT2D eigenvalue weighted by Crippen LogP contribution is 2.17. The molecule has 0 saturated heterocycles. The van der Waals surface area contributed by atoms with Gasteiger partial charge < -0.3 is 10.6 Å². The summed E-state index contributed by atoms with van der Waals surface area (Å²) in [5, 5.41) is 5.32. The molecule has 0 atom stereocenters. The van der Waals surface area contributed by atoms with Crippen LogP contribution in [0.4, 0.5) is 5.69 Å². The van der Waals surface area contributed by atoms with Crippen molar-refractivity contribution in [1.29, 1.82) is 0 Å². The number of anilines is 1. The molecule has 0 saturated carbocycles. The minimum atomic E-state index is -3.57. The summed E-state index contributed by atoms with van der Waals surface area (Å²) in [7, 11) is -3.57. The van der Waals surface area contributed by atoms with Crippen LogP contribution < -0.4 is 10.6 Å². The molecule has 29 heavy (non-hydrogen) atoms. The van der Waals surface area contributed by atoms with E-state index in [0.717, 1.165) is 11.1 Å². The second kappa shape index (κ2) is 9.67. The minimum absolute atomic E-state index is 0.130. The number of rotatable bonds is 8. The average Bonchev–Trinajstić information content (AvgIpc) is 2.69. The molecule has 2 aromatic rings. The first-order valence-corrected chi connectivity index (χ1v) is 10.9. The van der Waals surface area contributed by atoms with Gasteiger partial charge in [0, 0.05) is 24.3 Å². The summed E-state index contributed by atoms with van der Waals surface area (Å²) in [6.07, 6.45) is 0. The topological polar surface area (TPSA) is 95.6 Å². The predicted octanol–water partition coefficient (Wildman–Crippen LogP) is 2.70. The number of hydrogen-bond acceptors (Lipinski definition) is 4. The average molecular weight is 418 g/mol. The molecule has 0 fully saturated rings. The van der Waals surface area contributed by atoms with E-state index in [0.29, 0.717) is 18.8 Å². The molecule has 2 amide bonds. The molecule has 0 radical (unpaired) electrons. The Kier molecular flexibility index (Phi) is 7.53. The zero-order valence-electron chi connectivity index (χ0n) is 17.2. The van der Waals surface area contributed by atoms with Gasteiger partial charge in [-0.1, -0.05) is 26.0 Å². The smallest absolute Gasteiger partial charge is 0.251 e. The number of nitrogens with one attached hydrogen (secondary N) is 2. The summed E-state index contributed by atoms with van der Waals surface area (Å²) in [5.41, 5.74) is 2.94. The van der Waals surface area contributed by atoms with Gasteiger partial charge in [0.1, 0.15) is 0 Å². The van der Waals surface area contributed by atoms with Crippen molar-refractivity contribution in [2.24, 2.45) is 0 Å². The van der Waals surface area contributed by atoms with Crippen molar-refractivity contribution in [2.45, 2.75) is 32.6 Å². The van der Waals surface area contributed by atoms with E-state index in [2.05, 4.69) is 10.6 Å². The largest absolute Gasteiger partial charge is 0.343 e. The van der Waals surface area contributed by atoms with E-state index in [4.69, 9.17) is 0 Å². The molecule has 2 N–H and O–H groups in total. The lowest BCUT2D eigenvalue weighted by molar-refractivity contribution is -0.115. The lowest BCUT2D eigenvalue weighted by Gasteiger charge is -2.18. The summed E-state index contributed by atoms with van der Waals surface area (Å²) in [6, 6.07) is 11.4. The van der Waals surface area contributed by atoms with Crippen LogP contribution in [0.15, 0.2) is 47.4 Å². The zero-order valence-corrected chi connectivity index (χ0v) is 18.0. The van der Waals surface area contributed by atoms with E-state index >= 15 is 0 Å². The zero-order chi connectivity index (χ0) is 21.6. The normalized spacial score (nSPS) is 11.3. The molecule has 0 unspecified atom stereocenters. The summed E-state index contributed by atoms with van der Waals surface area (Å²) in [6.45, 7) is 7.92. The number of amides is 2. The molecule has 0 bridgehead atoms. The summed E-state index contributed by atoms with van der Waals surface area (Å²) < 4.78 is 26.3. The van der Waals surface area contributed by atoms with E-state index in [1.807, 2.05) is 32.0 Å². The number of aryl methyl sites for hydroxylation is 2. The molecular formula is C21H27N3O4S. The number of sulfonamides is 1. The number of benzene rings is 2. The van der Waals surface area contributed by atoms with Crippen LogP contribution in [0.3, 0.4) is 0 Å². The lowest BCUT2D eigenvalue weighted by atomic mass is 10.1. The fraction of sp³-hybridized carbons (Fsp3) is 0.333. The van der Waals surface area contributed by atoms with Gasteiger partial charge in [-0.2, -0.15) is 4.31 Å². The molecule has 156 valence electrons. The minimum Gasteiger partial charge on any atom is -0.343 e. The van der Waals surface area contributed by atoms with E-state index in [-0.39, 0.29) is 22.9 Å². The van der Waals surface area contributed by atoms with Gasteiger partial charge in [-0.05, 0) is 55.3 Å². The number of carbonyl (C=O) groups is 2. The number of carbonyl (C=O) groups excluding carboxylic acids is 2. The Labute approximate surface area is 172 Å². The molecule has 0 heterocycles. The van der Waals surface area contributed by atoms with Gasteiger partial charge in [0.2, 0.25) is 15.9 Å². The van der Waals surface area contributed by atoms with Gasteiger partial charge in [-0.15, -0.1) is 0 Å². The summed E-state index contributed by atoms with van der Waals surface area (Å²) in [4.78, 5) is 24.5. The van der Waals surface area contributed by atoms with Crippen molar-refractivity contribution < 1.29 is 18.0 Å². The van der Waals surface area contributed by atoms with Gasteiger partial charge in [0.25, 0.3) is 5.91 Å². The van der Waals surface area contributed by atoms with Crippen molar-refractivity contribution in [3.05, 3.63) is 59.2 Å². The van der Waals surface area contributed by atoms with Crippen LogP contribution in [0.5, 0.6) is 0 Å². The van der Waals surface area contributed by atoms with Crippen LogP contribution in [0.2, 0.25) is 0 Å². The SMILES string of the molecule is CCN(CC)S(=O)(=O)c1ccc(C(=O)NCC(=O)Nc2cc(C)ccc2C)cc1. The number of nitrogens with zero attached hydrogens (tertiary/aromatic N) is 1. The molecule has 8 heteroatoms. The first-order valence-electron chi connectivity index (χ1n) is 9.44. The van der Waals surface area contributed by atoms with E-state index < -0.39 is 15.9 Å². The van der Waals surface area contributed by atoms with Crippen LogP contribution in [0.1, 0.15) is 35.3 Å². The Balaban J connectivity index is 1.99. The third kappa shape index (κ3) is 5.65. The maximum Gasteiger partial charge on any atom is 0.251 e. The van der Waals surface area contributed by atoms with Crippen molar-refractivity contribution in [1.82, 2.24) is 9.62 Å². The monoisotopic (exact) mass is 417 g/mol.